The molecule has 0 amide bonds. The Morgan fingerprint density at radius 3 is 0.694 bits per heavy atom. The number of aliphatic hydroxyl groups is 1. The molecule has 0 aliphatic heterocycles. The van der Waals surface area contributed by atoms with Crippen LogP contribution in [0, 0.1) is 5.92 Å². The first kappa shape index (κ1) is 96.1. The fourth-order valence-electron chi connectivity index (χ4n) is 12.2. The number of hydrogen-bond acceptors (Lipinski definition) is 15. The van der Waals surface area contributed by atoms with Crippen LogP contribution in [-0.4, -0.2) is 96.7 Å². The lowest BCUT2D eigenvalue weighted by Crippen LogP contribution is -2.30. The normalized spacial score (nSPS) is 13.9. The van der Waals surface area contributed by atoms with Crippen LogP contribution in [0.15, 0.2) is 0 Å². The zero-order valence-electron chi connectivity index (χ0n) is 63.9. The second kappa shape index (κ2) is 72.0. The first-order valence-corrected chi connectivity index (χ1v) is 44.1. The summed E-state index contributed by atoms with van der Waals surface area (Å²) in [5.74, 6) is -1.37. The molecule has 3 N–H and O–H groups in total. The Morgan fingerprint density at radius 1 is 0.276 bits per heavy atom. The van der Waals surface area contributed by atoms with Gasteiger partial charge in [-0.3, -0.25) is 37.3 Å². The van der Waals surface area contributed by atoms with Crippen LogP contribution in [0.25, 0.3) is 0 Å². The second-order valence-electron chi connectivity index (χ2n) is 28.9. The lowest BCUT2D eigenvalue weighted by atomic mass is 10.0. The number of ether oxygens (including phenoxy) is 4. The van der Waals surface area contributed by atoms with Gasteiger partial charge in [0.2, 0.25) is 0 Å². The molecule has 17 nitrogen and oxygen atoms in total. The van der Waals surface area contributed by atoms with Crippen molar-refractivity contribution in [3.05, 3.63) is 0 Å². The molecule has 0 aliphatic carbocycles. The highest BCUT2D eigenvalue weighted by molar-refractivity contribution is 7.47. The quantitative estimate of drug-likeness (QED) is 0.0222. The molecule has 0 aromatic rings. The van der Waals surface area contributed by atoms with Gasteiger partial charge in [0.05, 0.1) is 26.4 Å². The average Bonchev–Trinajstić information content (AvgIpc) is 1.50. The van der Waals surface area contributed by atoms with E-state index in [2.05, 4.69) is 34.6 Å². The van der Waals surface area contributed by atoms with E-state index in [0.717, 1.165) is 95.8 Å². The summed E-state index contributed by atoms with van der Waals surface area (Å²) in [4.78, 5) is 72.9. The van der Waals surface area contributed by atoms with Crippen LogP contribution in [0.5, 0.6) is 0 Å². The third-order valence-corrected chi connectivity index (χ3v) is 20.4. The second-order valence-corrected chi connectivity index (χ2v) is 31.8. The molecular weight excluding hydrogens is 1280 g/mol. The SMILES string of the molecule is CCCCCCCCCCCCCCCCCCCCCCCCC(=O)O[C@H](COC(=O)CCCCCCCCCCCCCCC)COP(=O)(O)OC[C@@H](O)COP(=O)(O)OC[C@@H](COC(=O)CCCCCCCCCCCCC)OC(=O)CCCCCCCCCCCC(C)C. The first-order valence-electron chi connectivity index (χ1n) is 41.1. The molecule has 5 atom stereocenters. The van der Waals surface area contributed by atoms with Crippen molar-refractivity contribution >= 4 is 39.5 Å². The van der Waals surface area contributed by atoms with E-state index >= 15 is 0 Å². The number of unbranched alkanes of at least 4 members (excludes halogenated alkanes) is 51. The zero-order chi connectivity index (χ0) is 71.9. The van der Waals surface area contributed by atoms with Gasteiger partial charge in [-0.1, -0.05) is 369 Å². The molecule has 0 saturated heterocycles. The Kier molecular flexibility index (Phi) is 70.6. The van der Waals surface area contributed by atoms with E-state index in [4.69, 9.17) is 37.0 Å². The fourth-order valence-corrected chi connectivity index (χ4v) is 13.8. The van der Waals surface area contributed by atoms with Crippen LogP contribution in [0.4, 0.5) is 0 Å². The molecule has 0 heterocycles. The van der Waals surface area contributed by atoms with Gasteiger partial charge in [0.15, 0.2) is 12.2 Å². The molecule has 0 saturated carbocycles. The molecule has 0 aromatic heterocycles. The number of phosphoric ester groups is 2. The predicted molar refractivity (Wildman–Crippen MR) is 400 cm³/mol. The minimum absolute atomic E-state index is 0.106. The molecule has 0 radical (unpaired) electrons. The van der Waals surface area contributed by atoms with Crippen LogP contribution in [0.1, 0.15) is 420 Å². The van der Waals surface area contributed by atoms with Crippen LogP contribution in [0.3, 0.4) is 0 Å². The highest BCUT2D eigenvalue weighted by Crippen LogP contribution is 2.45. The monoisotopic (exact) mass is 1440 g/mol. The number of carbonyl (C=O) groups excluding carboxylic acids is 4. The summed E-state index contributed by atoms with van der Waals surface area (Å²) < 4.78 is 68.6. The van der Waals surface area contributed by atoms with Crippen molar-refractivity contribution in [2.75, 3.05) is 39.6 Å². The molecule has 0 bridgehead atoms. The molecule has 0 aromatic carbocycles. The third kappa shape index (κ3) is 72.4. The Hall–Kier alpha value is -1.94. The minimum atomic E-state index is -4.96. The van der Waals surface area contributed by atoms with Gasteiger partial charge in [-0.05, 0) is 31.6 Å². The number of aliphatic hydroxyl groups excluding tert-OH is 1. The van der Waals surface area contributed by atoms with E-state index in [-0.39, 0.29) is 25.7 Å². The standard InChI is InChI=1S/C79H154O17P2/c1-6-9-12-15-18-21-24-26-27-28-29-30-31-32-33-34-36-39-44-49-54-59-64-78(83)95-74(68-90-77(82)63-58-53-48-43-38-35-25-22-19-16-13-10-7-2)70-93-97(85,86)91-66-73(80)67-92-98(87,88)94-71-75(69-89-76(81)62-57-52-47-42-37-23-20-17-14-11-8-3)96-79(84)65-60-55-50-45-40-41-46-51-56-61-72(4)5/h72-75,80H,6-71H2,1-5H3,(H,85,86)(H,87,88)/t73-,74-,75-/m1/s1. The third-order valence-electron chi connectivity index (χ3n) is 18.5. The summed E-state index contributed by atoms with van der Waals surface area (Å²) >= 11 is 0. The summed E-state index contributed by atoms with van der Waals surface area (Å²) in [6.45, 7) is 7.28. The van der Waals surface area contributed by atoms with Gasteiger partial charge in [0.1, 0.15) is 19.3 Å². The van der Waals surface area contributed by atoms with Gasteiger partial charge in [0.25, 0.3) is 0 Å². The highest BCUT2D eigenvalue weighted by atomic mass is 31.2. The Balaban J connectivity index is 5.19. The van der Waals surface area contributed by atoms with Gasteiger partial charge < -0.3 is 33.8 Å². The van der Waals surface area contributed by atoms with Crippen LogP contribution < -0.4 is 0 Å². The molecule has 19 heteroatoms. The summed E-state index contributed by atoms with van der Waals surface area (Å²) in [5, 5.41) is 10.6. The van der Waals surface area contributed by atoms with Crippen molar-refractivity contribution in [3.63, 3.8) is 0 Å². The number of rotatable bonds is 79. The predicted octanol–water partition coefficient (Wildman–Crippen LogP) is 23.6. The summed E-state index contributed by atoms with van der Waals surface area (Å²) in [7, 11) is -9.91. The van der Waals surface area contributed by atoms with Gasteiger partial charge in [-0.15, -0.1) is 0 Å². The van der Waals surface area contributed by atoms with E-state index in [1.165, 1.54) is 244 Å². The maximum absolute atomic E-state index is 13.1. The topological polar surface area (TPSA) is 237 Å². The molecule has 0 rings (SSSR count). The molecule has 98 heavy (non-hydrogen) atoms. The van der Waals surface area contributed by atoms with Crippen molar-refractivity contribution in [1.82, 2.24) is 0 Å². The summed E-state index contributed by atoms with van der Waals surface area (Å²) in [5.41, 5.74) is 0. The van der Waals surface area contributed by atoms with E-state index in [9.17, 15) is 43.2 Å². The number of phosphoric acid groups is 2. The lowest BCUT2D eigenvalue weighted by molar-refractivity contribution is -0.161. The van der Waals surface area contributed by atoms with Crippen molar-refractivity contribution in [1.29, 1.82) is 0 Å². The largest absolute Gasteiger partial charge is 0.472 e. The summed E-state index contributed by atoms with van der Waals surface area (Å²) in [6, 6.07) is 0. The van der Waals surface area contributed by atoms with Crippen molar-refractivity contribution in [3.8, 4) is 0 Å². The fraction of sp³-hybridized carbons (Fsp3) is 0.949. The van der Waals surface area contributed by atoms with Crippen LogP contribution in [0.2, 0.25) is 0 Å². The van der Waals surface area contributed by atoms with Crippen molar-refractivity contribution in [2.24, 2.45) is 5.92 Å². The van der Waals surface area contributed by atoms with Gasteiger partial charge in [0, 0.05) is 25.7 Å². The minimum Gasteiger partial charge on any atom is -0.462 e. The van der Waals surface area contributed by atoms with Crippen LogP contribution in [-0.2, 0) is 65.4 Å². The van der Waals surface area contributed by atoms with Crippen LogP contribution >= 0.6 is 15.6 Å². The first-order chi connectivity index (χ1) is 47.5. The molecular formula is C79H154O17P2. The van der Waals surface area contributed by atoms with Gasteiger partial charge in [-0.2, -0.15) is 0 Å². The maximum atomic E-state index is 13.1. The van der Waals surface area contributed by atoms with Crippen molar-refractivity contribution < 1.29 is 80.2 Å². The zero-order valence-corrected chi connectivity index (χ0v) is 65.7. The summed E-state index contributed by atoms with van der Waals surface area (Å²) in [6.07, 6.45) is 62.5. The maximum Gasteiger partial charge on any atom is 0.472 e. The number of carbonyl (C=O) groups is 4. The Bertz CT molecular complexity index is 1870. The molecule has 0 aliphatic rings. The molecule has 582 valence electrons. The van der Waals surface area contributed by atoms with Crippen molar-refractivity contribution in [2.45, 2.75) is 438 Å². The highest BCUT2D eigenvalue weighted by Gasteiger charge is 2.30. The van der Waals surface area contributed by atoms with Gasteiger partial charge in [-0.25, -0.2) is 9.13 Å². The molecule has 0 fully saturated rings. The van der Waals surface area contributed by atoms with E-state index in [0.29, 0.717) is 25.7 Å². The Labute approximate surface area is 600 Å². The van der Waals surface area contributed by atoms with E-state index in [1.54, 1.807) is 0 Å². The number of esters is 4. The number of hydrogen-bond donors (Lipinski definition) is 3. The van der Waals surface area contributed by atoms with Gasteiger partial charge >= 0.3 is 39.5 Å². The Morgan fingerprint density at radius 2 is 0.469 bits per heavy atom. The van der Waals surface area contributed by atoms with E-state index < -0.39 is 97.5 Å². The molecule has 2 unspecified atom stereocenters. The average molecular weight is 1440 g/mol. The smallest absolute Gasteiger partial charge is 0.462 e. The molecule has 0 spiro atoms. The van der Waals surface area contributed by atoms with E-state index in [1.807, 2.05) is 0 Å². The lowest BCUT2D eigenvalue weighted by Gasteiger charge is -2.21.